The van der Waals surface area contributed by atoms with Crippen molar-refractivity contribution in [3.63, 3.8) is 0 Å². The SMILES string of the molecule is O=C(O)Cc1c(Br)ccc2c1OCO2. The van der Waals surface area contributed by atoms with Crippen molar-refractivity contribution in [2.24, 2.45) is 0 Å². The lowest BCUT2D eigenvalue weighted by atomic mass is 10.1. The Morgan fingerprint density at radius 3 is 3.00 bits per heavy atom. The van der Waals surface area contributed by atoms with Gasteiger partial charge in [0.2, 0.25) is 6.79 Å². The Hall–Kier alpha value is -1.23. The van der Waals surface area contributed by atoms with E-state index in [2.05, 4.69) is 15.9 Å². The Morgan fingerprint density at radius 1 is 1.50 bits per heavy atom. The normalized spacial score (nSPS) is 12.9. The topological polar surface area (TPSA) is 55.8 Å². The molecular weight excluding hydrogens is 252 g/mol. The van der Waals surface area contributed by atoms with Gasteiger partial charge in [-0.2, -0.15) is 0 Å². The molecule has 0 aromatic heterocycles. The first-order valence-electron chi connectivity index (χ1n) is 3.97. The average Bonchev–Trinajstić information content (AvgIpc) is 2.57. The predicted molar refractivity (Wildman–Crippen MR) is 51.6 cm³/mol. The smallest absolute Gasteiger partial charge is 0.308 e. The molecule has 0 amide bonds. The molecule has 0 atom stereocenters. The zero-order chi connectivity index (χ0) is 10.1. The predicted octanol–water partition coefficient (Wildman–Crippen LogP) is 1.80. The molecule has 0 bridgehead atoms. The molecule has 1 heterocycles. The van der Waals surface area contributed by atoms with Crippen LogP contribution in [0.25, 0.3) is 0 Å². The Balaban J connectivity index is 2.46. The maximum Gasteiger partial charge on any atom is 0.308 e. The summed E-state index contributed by atoms with van der Waals surface area (Å²) in [6.45, 7) is 0.151. The van der Waals surface area contributed by atoms with Crippen LogP contribution in [0.1, 0.15) is 5.56 Å². The second-order valence-corrected chi connectivity index (χ2v) is 3.68. The highest BCUT2D eigenvalue weighted by atomic mass is 79.9. The van der Waals surface area contributed by atoms with E-state index in [1.165, 1.54) is 0 Å². The number of ether oxygens (including phenoxy) is 2. The van der Waals surface area contributed by atoms with Gasteiger partial charge in [-0.05, 0) is 12.1 Å². The molecule has 4 nitrogen and oxygen atoms in total. The molecule has 0 saturated heterocycles. The maximum absolute atomic E-state index is 10.6. The van der Waals surface area contributed by atoms with Crippen LogP contribution in [0.5, 0.6) is 11.5 Å². The number of rotatable bonds is 2. The fourth-order valence-corrected chi connectivity index (χ4v) is 1.77. The summed E-state index contributed by atoms with van der Waals surface area (Å²) in [7, 11) is 0. The standard InChI is InChI=1S/C9H7BrO4/c10-6-1-2-7-9(14-4-13-7)5(6)3-8(11)12/h1-2H,3-4H2,(H,11,12). The summed E-state index contributed by atoms with van der Waals surface area (Å²) >= 11 is 3.28. The van der Waals surface area contributed by atoms with Crippen molar-refractivity contribution >= 4 is 21.9 Å². The molecule has 0 fully saturated rings. The fraction of sp³-hybridized carbons (Fsp3) is 0.222. The van der Waals surface area contributed by atoms with Gasteiger partial charge in [0, 0.05) is 10.0 Å². The third-order valence-corrected chi connectivity index (χ3v) is 2.66. The van der Waals surface area contributed by atoms with Gasteiger partial charge in [0.1, 0.15) is 0 Å². The first-order valence-corrected chi connectivity index (χ1v) is 4.76. The monoisotopic (exact) mass is 258 g/mol. The molecule has 1 aliphatic rings. The van der Waals surface area contributed by atoms with Crippen molar-refractivity contribution in [1.82, 2.24) is 0 Å². The molecule has 5 heteroatoms. The summed E-state index contributed by atoms with van der Waals surface area (Å²) in [6, 6.07) is 3.50. The highest BCUT2D eigenvalue weighted by Crippen LogP contribution is 2.39. The lowest BCUT2D eigenvalue weighted by Gasteiger charge is -2.05. The van der Waals surface area contributed by atoms with Gasteiger partial charge in [0.15, 0.2) is 11.5 Å². The van der Waals surface area contributed by atoms with Crippen LogP contribution in [0.15, 0.2) is 16.6 Å². The lowest BCUT2D eigenvalue weighted by molar-refractivity contribution is -0.136. The summed E-state index contributed by atoms with van der Waals surface area (Å²) in [5, 5.41) is 8.71. The van der Waals surface area contributed by atoms with E-state index in [0.29, 0.717) is 17.1 Å². The van der Waals surface area contributed by atoms with Crippen LogP contribution in [0.2, 0.25) is 0 Å². The fourth-order valence-electron chi connectivity index (χ4n) is 1.32. The summed E-state index contributed by atoms with van der Waals surface area (Å²) in [5.41, 5.74) is 0.618. The minimum Gasteiger partial charge on any atom is -0.481 e. The van der Waals surface area contributed by atoms with Crippen LogP contribution in [0.3, 0.4) is 0 Å². The molecule has 1 N–H and O–H groups in total. The molecule has 2 rings (SSSR count). The van der Waals surface area contributed by atoms with E-state index in [0.717, 1.165) is 4.47 Å². The minimum atomic E-state index is -0.894. The second kappa shape index (κ2) is 3.49. The molecular formula is C9H7BrO4. The first-order chi connectivity index (χ1) is 6.68. The Morgan fingerprint density at radius 2 is 2.29 bits per heavy atom. The van der Waals surface area contributed by atoms with E-state index in [-0.39, 0.29) is 13.2 Å². The van der Waals surface area contributed by atoms with Gasteiger partial charge in [-0.15, -0.1) is 0 Å². The molecule has 0 saturated carbocycles. The third kappa shape index (κ3) is 1.55. The average molecular weight is 259 g/mol. The largest absolute Gasteiger partial charge is 0.481 e. The van der Waals surface area contributed by atoms with Crippen molar-refractivity contribution in [3.8, 4) is 11.5 Å². The summed E-state index contributed by atoms with van der Waals surface area (Å²) in [6.07, 6.45) is -0.0763. The van der Waals surface area contributed by atoms with Gasteiger partial charge in [-0.3, -0.25) is 4.79 Å². The van der Waals surface area contributed by atoms with Crippen molar-refractivity contribution in [2.75, 3.05) is 6.79 Å². The summed E-state index contributed by atoms with van der Waals surface area (Å²) in [4.78, 5) is 10.6. The van der Waals surface area contributed by atoms with Crippen molar-refractivity contribution < 1.29 is 19.4 Å². The van der Waals surface area contributed by atoms with E-state index < -0.39 is 5.97 Å². The number of hydrogen-bond donors (Lipinski definition) is 1. The summed E-state index contributed by atoms with van der Waals surface area (Å²) in [5.74, 6) is 0.237. The molecule has 0 spiro atoms. The number of halogens is 1. The number of fused-ring (bicyclic) bond motifs is 1. The number of carboxylic acid groups (broad SMARTS) is 1. The Bertz CT molecular complexity index is 389. The first kappa shape index (κ1) is 9.33. The molecule has 1 aromatic carbocycles. The van der Waals surface area contributed by atoms with E-state index in [1.54, 1.807) is 12.1 Å². The van der Waals surface area contributed by atoms with Gasteiger partial charge < -0.3 is 14.6 Å². The van der Waals surface area contributed by atoms with Crippen LogP contribution in [0.4, 0.5) is 0 Å². The van der Waals surface area contributed by atoms with Crippen LogP contribution in [-0.2, 0) is 11.2 Å². The van der Waals surface area contributed by atoms with Gasteiger partial charge in [-0.25, -0.2) is 0 Å². The van der Waals surface area contributed by atoms with Gasteiger partial charge in [0.05, 0.1) is 6.42 Å². The summed E-state index contributed by atoms with van der Waals surface area (Å²) < 4.78 is 11.1. The number of aliphatic carboxylic acids is 1. The van der Waals surface area contributed by atoms with E-state index in [1.807, 2.05) is 0 Å². The zero-order valence-electron chi connectivity index (χ0n) is 7.12. The molecule has 0 unspecified atom stereocenters. The van der Waals surface area contributed by atoms with Crippen molar-refractivity contribution in [2.45, 2.75) is 6.42 Å². The zero-order valence-corrected chi connectivity index (χ0v) is 8.70. The second-order valence-electron chi connectivity index (χ2n) is 2.83. The number of carbonyl (C=O) groups is 1. The lowest BCUT2D eigenvalue weighted by Crippen LogP contribution is -2.02. The van der Waals surface area contributed by atoms with Gasteiger partial charge >= 0.3 is 5.97 Å². The molecule has 0 aliphatic carbocycles. The molecule has 0 radical (unpaired) electrons. The number of benzene rings is 1. The van der Waals surface area contributed by atoms with Crippen molar-refractivity contribution in [1.29, 1.82) is 0 Å². The Kier molecular flexibility index (Phi) is 2.33. The highest BCUT2D eigenvalue weighted by molar-refractivity contribution is 9.10. The number of hydrogen-bond acceptors (Lipinski definition) is 3. The quantitative estimate of drug-likeness (QED) is 0.879. The van der Waals surface area contributed by atoms with Crippen LogP contribution in [0, 0.1) is 0 Å². The van der Waals surface area contributed by atoms with Crippen molar-refractivity contribution in [3.05, 3.63) is 22.2 Å². The highest BCUT2D eigenvalue weighted by Gasteiger charge is 2.21. The van der Waals surface area contributed by atoms with E-state index >= 15 is 0 Å². The molecule has 14 heavy (non-hydrogen) atoms. The van der Waals surface area contributed by atoms with E-state index in [4.69, 9.17) is 14.6 Å². The third-order valence-electron chi connectivity index (χ3n) is 1.91. The molecule has 1 aliphatic heterocycles. The number of carboxylic acids is 1. The van der Waals surface area contributed by atoms with Crippen LogP contribution < -0.4 is 9.47 Å². The minimum absolute atomic E-state index is 0.0763. The van der Waals surface area contributed by atoms with Crippen LogP contribution >= 0.6 is 15.9 Å². The molecule has 1 aromatic rings. The van der Waals surface area contributed by atoms with E-state index in [9.17, 15) is 4.79 Å². The van der Waals surface area contributed by atoms with Crippen LogP contribution in [-0.4, -0.2) is 17.9 Å². The molecule has 74 valence electrons. The Labute approximate surface area is 88.6 Å². The van der Waals surface area contributed by atoms with Gasteiger partial charge in [-0.1, -0.05) is 15.9 Å². The maximum atomic E-state index is 10.6. The van der Waals surface area contributed by atoms with Gasteiger partial charge in [0.25, 0.3) is 0 Å².